The highest BCUT2D eigenvalue weighted by Gasteiger charge is 2.19. The molecule has 0 saturated heterocycles. The van der Waals surface area contributed by atoms with E-state index in [-0.39, 0.29) is 11.5 Å². The molecule has 0 spiro atoms. The summed E-state index contributed by atoms with van der Waals surface area (Å²) >= 11 is 0. The standard InChI is InChI=1S/C31H52O2/c1-21(2)13-10-14-22(3)15-11-16-23(4)17-12-18-24(5)19-20-29(32)30-27(8)25(6)26(7)28(9)31(30)33/h19,21-23,33H,10-18,20H2,1-9H3/b24-19+. The molecule has 0 aliphatic carbocycles. The van der Waals surface area contributed by atoms with Crippen LogP contribution in [0.5, 0.6) is 5.75 Å². The second-order valence-corrected chi connectivity index (χ2v) is 11.3. The second kappa shape index (κ2) is 14.6. The van der Waals surface area contributed by atoms with Gasteiger partial charge in [-0.1, -0.05) is 84.3 Å². The van der Waals surface area contributed by atoms with Crippen molar-refractivity contribution in [3.05, 3.63) is 39.5 Å². The molecule has 2 nitrogen and oxygen atoms in total. The summed E-state index contributed by atoms with van der Waals surface area (Å²) in [6.45, 7) is 19.4. The monoisotopic (exact) mass is 456 g/mol. The third-order valence-electron chi connectivity index (χ3n) is 7.71. The van der Waals surface area contributed by atoms with Gasteiger partial charge in [-0.25, -0.2) is 0 Å². The van der Waals surface area contributed by atoms with Gasteiger partial charge in [-0.05, 0) is 87.5 Å². The Morgan fingerprint density at radius 3 is 1.79 bits per heavy atom. The highest BCUT2D eigenvalue weighted by atomic mass is 16.3. The van der Waals surface area contributed by atoms with Gasteiger partial charge in [0.25, 0.3) is 0 Å². The van der Waals surface area contributed by atoms with Crippen molar-refractivity contribution in [3.8, 4) is 5.75 Å². The summed E-state index contributed by atoms with van der Waals surface area (Å²) in [5.41, 5.74) is 5.70. The Morgan fingerprint density at radius 2 is 1.24 bits per heavy atom. The minimum Gasteiger partial charge on any atom is -0.507 e. The first-order valence-electron chi connectivity index (χ1n) is 13.4. The lowest BCUT2D eigenvalue weighted by molar-refractivity contribution is 0.0992. The van der Waals surface area contributed by atoms with Crippen molar-refractivity contribution in [1.29, 1.82) is 0 Å². The maximum atomic E-state index is 12.9. The lowest BCUT2D eigenvalue weighted by atomic mass is 9.90. The van der Waals surface area contributed by atoms with Gasteiger partial charge in [0.2, 0.25) is 0 Å². The highest BCUT2D eigenvalue weighted by Crippen LogP contribution is 2.33. The summed E-state index contributed by atoms with van der Waals surface area (Å²) in [5.74, 6) is 2.66. The van der Waals surface area contributed by atoms with Crippen LogP contribution in [-0.4, -0.2) is 10.9 Å². The molecule has 1 aromatic carbocycles. The topological polar surface area (TPSA) is 37.3 Å². The third-order valence-corrected chi connectivity index (χ3v) is 7.71. The van der Waals surface area contributed by atoms with Crippen LogP contribution in [0.3, 0.4) is 0 Å². The number of aromatic hydroxyl groups is 1. The molecule has 0 aromatic heterocycles. The van der Waals surface area contributed by atoms with Gasteiger partial charge in [-0.15, -0.1) is 0 Å². The van der Waals surface area contributed by atoms with E-state index in [0.717, 1.165) is 46.4 Å². The molecule has 0 aliphatic heterocycles. The average Bonchev–Trinajstić information content (AvgIpc) is 2.74. The molecule has 2 heteroatoms. The Hall–Kier alpha value is -1.57. The van der Waals surface area contributed by atoms with Crippen LogP contribution in [0.15, 0.2) is 11.6 Å². The minimum absolute atomic E-state index is 0.0198. The quantitative estimate of drug-likeness (QED) is 0.211. The Kier molecular flexibility index (Phi) is 13.1. The highest BCUT2D eigenvalue weighted by molar-refractivity contribution is 6.01. The normalized spacial score (nSPS) is 14.1. The zero-order valence-corrected chi connectivity index (χ0v) is 23.2. The van der Waals surface area contributed by atoms with Gasteiger partial charge in [0.15, 0.2) is 5.78 Å². The van der Waals surface area contributed by atoms with Gasteiger partial charge in [0.05, 0.1) is 5.56 Å². The van der Waals surface area contributed by atoms with Crippen LogP contribution in [0.25, 0.3) is 0 Å². The summed E-state index contributed by atoms with van der Waals surface area (Å²) in [6, 6.07) is 0. The number of phenolic OH excluding ortho intramolecular Hbond substituents is 1. The molecule has 0 amide bonds. The van der Waals surface area contributed by atoms with E-state index >= 15 is 0 Å². The Labute approximate surface area is 205 Å². The van der Waals surface area contributed by atoms with Crippen molar-refractivity contribution in [2.24, 2.45) is 17.8 Å². The summed E-state index contributed by atoms with van der Waals surface area (Å²) in [4.78, 5) is 12.9. The van der Waals surface area contributed by atoms with Gasteiger partial charge in [-0.2, -0.15) is 0 Å². The van der Waals surface area contributed by atoms with Gasteiger partial charge in [0.1, 0.15) is 5.75 Å². The molecule has 0 saturated carbocycles. The number of carbonyl (C=O) groups excluding carboxylic acids is 1. The largest absolute Gasteiger partial charge is 0.507 e. The predicted molar refractivity (Wildman–Crippen MR) is 144 cm³/mol. The maximum Gasteiger partial charge on any atom is 0.170 e. The van der Waals surface area contributed by atoms with Crippen LogP contribution < -0.4 is 0 Å². The molecule has 1 aromatic rings. The van der Waals surface area contributed by atoms with Gasteiger partial charge < -0.3 is 5.11 Å². The lowest BCUT2D eigenvalue weighted by Gasteiger charge is -2.16. The minimum atomic E-state index is 0.0198. The van der Waals surface area contributed by atoms with E-state index in [1.165, 1.54) is 56.9 Å². The number of phenols is 1. The SMILES string of the molecule is C/C(=C\CC(=O)c1c(C)c(C)c(C)c(C)c1O)CCCC(C)CCCC(C)CCCC(C)C. The van der Waals surface area contributed by atoms with Gasteiger partial charge in [0, 0.05) is 6.42 Å². The van der Waals surface area contributed by atoms with Crippen molar-refractivity contribution in [2.75, 3.05) is 0 Å². The van der Waals surface area contributed by atoms with E-state index in [1.54, 1.807) is 0 Å². The predicted octanol–water partition coefficient (Wildman–Crippen LogP) is 9.58. The molecule has 188 valence electrons. The summed E-state index contributed by atoms with van der Waals surface area (Å²) in [7, 11) is 0. The van der Waals surface area contributed by atoms with E-state index in [1.807, 2.05) is 27.7 Å². The zero-order chi connectivity index (χ0) is 25.1. The van der Waals surface area contributed by atoms with Crippen molar-refractivity contribution >= 4 is 5.78 Å². The van der Waals surface area contributed by atoms with Crippen LogP contribution >= 0.6 is 0 Å². The Morgan fingerprint density at radius 1 is 0.758 bits per heavy atom. The summed E-state index contributed by atoms with van der Waals surface area (Å²) < 4.78 is 0. The van der Waals surface area contributed by atoms with E-state index in [0.29, 0.717) is 12.0 Å². The maximum absolute atomic E-state index is 12.9. The Balaban J connectivity index is 2.38. The molecule has 33 heavy (non-hydrogen) atoms. The molecule has 2 atom stereocenters. The smallest absolute Gasteiger partial charge is 0.170 e. The number of allylic oxidation sites excluding steroid dienone is 2. The number of hydrogen-bond donors (Lipinski definition) is 1. The molecule has 0 aliphatic rings. The number of hydrogen-bond acceptors (Lipinski definition) is 2. The van der Waals surface area contributed by atoms with Crippen molar-refractivity contribution < 1.29 is 9.90 Å². The summed E-state index contributed by atoms with van der Waals surface area (Å²) in [6.07, 6.45) is 14.1. The first kappa shape index (κ1) is 29.5. The number of benzene rings is 1. The molecule has 0 bridgehead atoms. The van der Waals surface area contributed by atoms with Gasteiger partial charge in [-0.3, -0.25) is 4.79 Å². The molecular formula is C31H52O2. The second-order valence-electron chi connectivity index (χ2n) is 11.3. The van der Waals surface area contributed by atoms with Crippen molar-refractivity contribution in [3.63, 3.8) is 0 Å². The molecule has 2 unspecified atom stereocenters. The van der Waals surface area contributed by atoms with Crippen LogP contribution in [0, 0.1) is 45.4 Å². The number of rotatable bonds is 15. The van der Waals surface area contributed by atoms with E-state index in [4.69, 9.17) is 0 Å². The fourth-order valence-electron chi connectivity index (χ4n) is 4.81. The number of ketones is 1. The lowest BCUT2D eigenvalue weighted by Crippen LogP contribution is -2.06. The molecular weight excluding hydrogens is 404 g/mol. The fraction of sp³-hybridized carbons (Fsp3) is 0.710. The summed E-state index contributed by atoms with van der Waals surface area (Å²) in [5, 5.41) is 10.5. The van der Waals surface area contributed by atoms with Crippen LogP contribution in [0.2, 0.25) is 0 Å². The van der Waals surface area contributed by atoms with E-state index in [2.05, 4.69) is 40.7 Å². The van der Waals surface area contributed by atoms with E-state index in [9.17, 15) is 9.90 Å². The molecule has 1 N–H and O–H groups in total. The molecule has 0 fully saturated rings. The first-order chi connectivity index (χ1) is 15.5. The molecule has 0 radical (unpaired) electrons. The van der Waals surface area contributed by atoms with Crippen LogP contribution in [0.1, 0.15) is 131 Å². The third kappa shape index (κ3) is 10.1. The first-order valence-corrected chi connectivity index (χ1v) is 13.4. The van der Waals surface area contributed by atoms with E-state index < -0.39 is 0 Å². The molecule has 1 rings (SSSR count). The zero-order valence-electron chi connectivity index (χ0n) is 23.2. The van der Waals surface area contributed by atoms with Gasteiger partial charge >= 0.3 is 0 Å². The molecule has 0 heterocycles. The number of carbonyl (C=O) groups is 1. The van der Waals surface area contributed by atoms with Crippen LogP contribution in [-0.2, 0) is 0 Å². The van der Waals surface area contributed by atoms with Crippen molar-refractivity contribution in [2.45, 2.75) is 127 Å². The fourth-order valence-corrected chi connectivity index (χ4v) is 4.81. The van der Waals surface area contributed by atoms with Crippen molar-refractivity contribution in [1.82, 2.24) is 0 Å². The number of Topliss-reactive ketones (excluding diaryl/α,β-unsaturated/α-hetero) is 1. The van der Waals surface area contributed by atoms with Crippen LogP contribution in [0.4, 0.5) is 0 Å². The Bertz CT molecular complexity index is 756. The average molecular weight is 457 g/mol.